The first-order valence-electron chi connectivity index (χ1n) is 9.87. The van der Waals surface area contributed by atoms with E-state index in [0.29, 0.717) is 18.0 Å². The molecule has 0 radical (unpaired) electrons. The van der Waals surface area contributed by atoms with E-state index in [9.17, 15) is 14.7 Å². The van der Waals surface area contributed by atoms with Crippen LogP contribution in [0, 0.1) is 5.92 Å². The molecule has 30 heavy (non-hydrogen) atoms. The van der Waals surface area contributed by atoms with Gasteiger partial charge in [0.1, 0.15) is 0 Å². The summed E-state index contributed by atoms with van der Waals surface area (Å²) in [5, 5.41) is 12.7. The first kappa shape index (κ1) is 21.3. The maximum atomic E-state index is 13.0. The van der Waals surface area contributed by atoms with Gasteiger partial charge in [-0.25, -0.2) is 9.79 Å². The number of piperazine rings is 1. The van der Waals surface area contributed by atoms with Gasteiger partial charge in [-0.3, -0.25) is 4.79 Å². The molecule has 1 unspecified atom stereocenters. The molecule has 2 aromatic rings. The number of aromatic carboxylic acids is 1. The third-order valence-electron chi connectivity index (χ3n) is 5.26. The quantitative estimate of drug-likeness (QED) is 0.441. The third-order valence-corrected chi connectivity index (χ3v) is 5.26. The molecule has 158 valence electrons. The number of rotatable bonds is 5. The van der Waals surface area contributed by atoms with Gasteiger partial charge in [-0.05, 0) is 41.3 Å². The fraction of sp³-hybridized carbons (Fsp3) is 0.318. The molecule has 3 rings (SSSR count). The second-order valence-electron chi connectivity index (χ2n) is 7.67. The largest absolute Gasteiger partial charge is 0.478 e. The lowest BCUT2D eigenvalue weighted by Crippen LogP contribution is -2.55. The molecule has 0 saturated carbocycles. The molecule has 1 fully saturated rings. The van der Waals surface area contributed by atoms with Crippen molar-refractivity contribution in [2.45, 2.75) is 19.9 Å². The van der Waals surface area contributed by atoms with Crippen molar-refractivity contribution in [3.63, 3.8) is 0 Å². The molecule has 8 nitrogen and oxygen atoms in total. The van der Waals surface area contributed by atoms with Crippen molar-refractivity contribution >= 4 is 23.5 Å². The number of hydrogen-bond donors (Lipinski definition) is 4. The second-order valence-corrected chi connectivity index (χ2v) is 7.67. The summed E-state index contributed by atoms with van der Waals surface area (Å²) in [6, 6.07) is 12.2. The van der Waals surface area contributed by atoms with Crippen molar-refractivity contribution in [1.29, 1.82) is 0 Å². The van der Waals surface area contributed by atoms with E-state index in [0.717, 1.165) is 24.2 Å². The standard InChI is InChI=1S/C22H27N5O3/c1-13(2)19-12-25-9-10-27(19)20(28)15-5-3-14(4-6-15)16-7-8-17(21(29)30)18(11-16)26-22(23)24/h3-8,11,13,19,25H,9-10,12H2,1-2H3,(H,29,30)(H4,23,24,26). The molecular formula is C22H27N5O3. The van der Waals surface area contributed by atoms with E-state index in [1.54, 1.807) is 24.3 Å². The van der Waals surface area contributed by atoms with Crippen molar-refractivity contribution in [3.8, 4) is 11.1 Å². The van der Waals surface area contributed by atoms with Crippen LogP contribution in [0.4, 0.5) is 5.69 Å². The van der Waals surface area contributed by atoms with Gasteiger partial charge >= 0.3 is 5.97 Å². The van der Waals surface area contributed by atoms with E-state index in [4.69, 9.17) is 11.5 Å². The number of carboxylic acid groups (broad SMARTS) is 1. The predicted molar refractivity (Wildman–Crippen MR) is 117 cm³/mol. The second kappa shape index (κ2) is 8.96. The lowest BCUT2D eigenvalue weighted by Gasteiger charge is -2.38. The molecule has 1 amide bonds. The van der Waals surface area contributed by atoms with Crippen molar-refractivity contribution in [2.24, 2.45) is 22.4 Å². The predicted octanol–water partition coefficient (Wildman–Crippen LogP) is 2.03. The first-order chi connectivity index (χ1) is 14.3. The van der Waals surface area contributed by atoms with E-state index in [-0.39, 0.29) is 29.2 Å². The zero-order chi connectivity index (χ0) is 21.8. The molecule has 1 aliphatic rings. The summed E-state index contributed by atoms with van der Waals surface area (Å²) in [5.41, 5.74) is 13.3. The Labute approximate surface area is 175 Å². The number of carboxylic acids is 1. The Morgan fingerprint density at radius 3 is 2.40 bits per heavy atom. The molecule has 8 heteroatoms. The zero-order valence-electron chi connectivity index (χ0n) is 17.1. The number of nitrogens with one attached hydrogen (secondary N) is 1. The minimum atomic E-state index is -1.11. The lowest BCUT2D eigenvalue weighted by atomic mass is 9.98. The fourth-order valence-corrected chi connectivity index (χ4v) is 3.67. The Bertz CT molecular complexity index is 965. The van der Waals surface area contributed by atoms with Gasteiger partial charge in [0, 0.05) is 31.2 Å². The molecule has 1 saturated heterocycles. The molecule has 0 bridgehead atoms. The molecule has 1 atom stereocenters. The summed E-state index contributed by atoms with van der Waals surface area (Å²) in [5.74, 6) is -0.948. The SMILES string of the molecule is CC(C)C1CNCCN1C(=O)c1ccc(-c2ccc(C(=O)O)c(N=C(N)N)c2)cc1. The Hall–Kier alpha value is -3.39. The highest BCUT2D eigenvalue weighted by atomic mass is 16.4. The maximum Gasteiger partial charge on any atom is 0.337 e. The Morgan fingerprint density at radius 2 is 1.80 bits per heavy atom. The van der Waals surface area contributed by atoms with Gasteiger partial charge in [-0.2, -0.15) is 0 Å². The van der Waals surface area contributed by atoms with E-state index < -0.39 is 5.97 Å². The van der Waals surface area contributed by atoms with Crippen molar-refractivity contribution in [2.75, 3.05) is 19.6 Å². The summed E-state index contributed by atoms with van der Waals surface area (Å²) < 4.78 is 0. The minimum Gasteiger partial charge on any atom is -0.478 e. The molecule has 1 heterocycles. The summed E-state index contributed by atoms with van der Waals surface area (Å²) in [4.78, 5) is 30.3. The Morgan fingerprint density at radius 1 is 1.13 bits per heavy atom. The summed E-state index contributed by atoms with van der Waals surface area (Å²) >= 11 is 0. The number of amides is 1. The Kier molecular flexibility index (Phi) is 6.37. The van der Waals surface area contributed by atoms with Gasteiger partial charge in [-0.1, -0.05) is 32.0 Å². The van der Waals surface area contributed by atoms with Crippen LogP contribution in [-0.4, -0.2) is 53.5 Å². The van der Waals surface area contributed by atoms with Crippen molar-refractivity contribution < 1.29 is 14.7 Å². The van der Waals surface area contributed by atoms with Gasteiger partial charge in [0.15, 0.2) is 5.96 Å². The van der Waals surface area contributed by atoms with E-state index in [2.05, 4.69) is 24.2 Å². The van der Waals surface area contributed by atoms with E-state index >= 15 is 0 Å². The van der Waals surface area contributed by atoms with Crippen LogP contribution in [0.15, 0.2) is 47.5 Å². The van der Waals surface area contributed by atoms with Crippen molar-refractivity contribution in [3.05, 3.63) is 53.6 Å². The average molecular weight is 409 g/mol. The molecular weight excluding hydrogens is 382 g/mol. The number of carbonyl (C=O) groups is 2. The van der Waals surface area contributed by atoms with E-state index in [1.165, 1.54) is 6.07 Å². The molecule has 2 aromatic carbocycles. The average Bonchev–Trinajstić information content (AvgIpc) is 2.72. The molecule has 0 aromatic heterocycles. The lowest BCUT2D eigenvalue weighted by molar-refractivity contribution is 0.0573. The van der Waals surface area contributed by atoms with E-state index in [1.807, 2.05) is 17.0 Å². The van der Waals surface area contributed by atoms with Crippen molar-refractivity contribution in [1.82, 2.24) is 10.2 Å². The third kappa shape index (κ3) is 4.60. The number of carbonyl (C=O) groups excluding carboxylic acids is 1. The van der Waals surface area contributed by atoms with Gasteiger partial charge in [-0.15, -0.1) is 0 Å². The molecule has 0 spiro atoms. The van der Waals surface area contributed by atoms with Gasteiger partial charge in [0.2, 0.25) is 0 Å². The highest BCUT2D eigenvalue weighted by Gasteiger charge is 2.29. The van der Waals surface area contributed by atoms with Crippen LogP contribution < -0.4 is 16.8 Å². The van der Waals surface area contributed by atoms with Crippen LogP contribution in [0.25, 0.3) is 11.1 Å². The number of benzene rings is 2. The minimum absolute atomic E-state index is 0.0115. The normalized spacial score (nSPS) is 16.4. The van der Waals surface area contributed by atoms with Crippen LogP contribution in [0.2, 0.25) is 0 Å². The van der Waals surface area contributed by atoms with Gasteiger partial charge < -0.3 is 26.8 Å². The topological polar surface area (TPSA) is 134 Å². The highest BCUT2D eigenvalue weighted by molar-refractivity contribution is 5.97. The first-order valence-corrected chi connectivity index (χ1v) is 9.87. The fourth-order valence-electron chi connectivity index (χ4n) is 3.67. The number of nitrogens with zero attached hydrogens (tertiary/aromatic N) is 2. The summed E-state index contributed by atoms with van der Waals surface area (Å²) in [6.45, 7) is 6.51. The number of nitrogens with two attached hydrogens (primary N) is 2. The van der Waals surface area contributed by atoms with Crippen LogP contribution >= 0.6 is 0 Å². The molecule has 0 aliphatic carbocycles. The van der Waals surface area contributed by atoms with Crippen LogP contribution in [-0.2, 0) is 0 Å². The zero-order valence-corrected chi connectivity index (χ0v) is 17.1. The number of guanidine groups is 1. The highest BCUT2D eigenvalue weighted by Crippen LogP contribution is 2.28. The van der Waals surface area contributed by atoms with Crippen LogP contribution in [0.5, 0.6) is 0 Å². The molecule has 1 aliphatic heterocycles. The smallest absolute Gasteiger partial charge is 0.337 e. The maximum absolute atomic E-state index is 13.0. The summed E-state index contributed by atoms with van der Waals surface area (Å²) in [7, 11) is 0. The van der Waals surface area contributed by atoms with Crippen LogP contribution in [0.3, 0.4) is 0 Å². The number of hydrogen-bond acceptors (Lipinski definition) is 4. The summed E-state index contributed by atoms with van der Waals surface area (Å²) in [6.07, 6.45) is 0. The monoisotopic (exact) mass is 409 g/mol. The van der Waals surface area contributed by atoms with Crippen LogP contribution in [0.1, 0.15) is 34.6 Å². The van der Waals surface area contributed by atoms with Gasteiger partial charge in [0.05, 0.1) is 11.3 Å². The van der Waals surface area contributed by atoms with Gasteiger partial charge in [0.25, 0.3) is 5.91 Å². The number of aliphatic imine (C=N–C) groups is 1. The molecule has 6 N–H and O–H groups in total. The Balaban J connectivity index is 1.87.